The van der Waals surface area contributed by atoms with Crippen LogP contribution in [0, 0.1) is 24.0 Å². The molecule has 7 nitrogen and oxygen atoms in total. The highest BCUT2D eigenvalue weighted by molar-refractivity contribution is 7.90. The van der Waals surface area contributed by atoms with Gasteiger partial charge in [-0.1, -0.05) is 12.1 Å². The number of hydrogen-bond donors (Lipinski definition) is 0. The van der Waals surface area contributed by atoms with Gasteiger partial charge < -0.3 is 9.80 Å². The summed E-state index contributed by atoms with van der Waals surface area (Å²) >= 11 is 0. The molecule has 0 amide bonds. The molecule has 2 aromatic rings. The number of benzene rings is 2. The van der Waals surface area contributed by atoms with Gasteiger partial charge in [-0.3, -0.25) is 10.1 Å². The summed E-state index contributed by atoms with van der Waals surface area (Å²) in [5.74, 6) is 0. The Hall–Kier alpha value is -2.61. The monoisotopic (exact) mass is 389 g/mol. The summed E-state index contributed by atoms with van der Waals surface area (Å²) in [5.41, 5.74) is 3.97. The number of hydrogen-bond acceptors (Lipinski definition) is 6. The Kier molecular flexibility index (Phi) is 5.10. The first kappa shape index (κ1) is 19.2. The van der Waals surface area contributed by atoms with E-state index in [1.807, 2.05) is 11.0 Å². The molecule has 1 aliphatic heterocycles. The zero-order valence-electron chi connectivity index (χ0n) is 15.7. The van der Waals surface area contributed by atoms with Gasteiger partial charge in [0.15, 0.2) is 9.84 Å². The fourth-order valence-electron chi connectivity index (χ4n) is 3.41. The Balaban J connectivity index is 1.84. The summed E-state index contributed by atoms with van der Waals surface area (Å²) in [6.45, 7) is 6.94. The molecule has 1 heterocycles. The molecular weight excluding hydrogens is 366 g/mol. The molecule has 0 saturated carbocycles. The Labute approximate surface area is 159 Å². The third-order valence-electron chi connectivity index (χ3n) is 5.11. The standard InChI is InChI=1S/C19H23N3O4S/c1-14-5-4-6-17(15(14)2)20-9-11-21(12-10-20)18-8-7-16(27(3,25)26)13-19(18)22(23)24/h4-8,13H,9-12H2,1-3H3. The molecule has 0 unspecified atom stereocenters. The predicted molar refractivity (Wildman–Crippen MR) is 107 cm³/mol. The molecule has 0 aliphatic carbocycles. The Morgan fingerprint density at radius 3 is 2.11 bits per heavy atom. The van der Waals surface area contributed by atoms with E-state index in [2.05, 4.69) is 30.9 Å². The van der Waals surface area contributed by atoms with Crippen LogP contribution in [0.5, 0.6) is 0 Å². The van der Waals surface area contributed by atoms with Crippen molar-refractivity contribution in [1.29, 1.82) is 0 Å². The maximum atomic E-state index is 11.7. The molecule has 144 valence electrons. The van der Waals surface area contributed by atoms with Gasteiger partial charge in [-0.15, -0.1) is 0 Å². The minimum atomic E-state index is -3.49. The van der Waals surface area contributed by atoms with E-state index >= 15 is 0 Å². The van der Waals surface area contributed by atoms with Crippen LogP contribution < -0.4 is 9.80 Å². The lowest BCUT2D eigenvalue weighted by molar-refractivity contribution is -0.384. The molecule has 3 rings (SSSR count). The van der Waals surface area contributed by atoms with Crippen molar-refractivity contribution in [2.45, 2.75) is 18.7 Å². The fraction of sp³-hybridized carbons (Fsp3) is 0.368. The normalized spacial score (nSPS) is 15.1. The number of rotatable bonds is 4. The highest BCUT2D eigenvalue weighted by Gasteiger charge is 2.26. The van der Waals surface area contributed by atoms with Crippen LogP contribution >= 0.6 is 0 Å². The minimum absolute atomic E-state index is 0.0352. The van der Waals surface area contributed by atoms with Gasteiger partial charge in [-0.2, -0.15) is 0 Å². The second kappa shape index (κ2) is 7.19. The largest absolute Gasteiger partial charge is 0.368 e. The Bertz CT molecular complexity index is 980. The third kappa shape index (κ3) is 3.90. The number of piperazine rings is 1. The Morgan fingerprint density at radius 1 is 0.963 bits per heavy atom. The molecule has 0 bridgehead atoms. The Morgan fingerprint density at radius 2 is 1.56 bits per heavy atom. The molecule has 0 N–H and O–H groups in total. The van der Waals surface area contributed by atoms with Gasteiger partial charge in [0.05, 0.1) is 9.82 Å². The summed E-state index contributed by atoms with van der Waals surface area (Å²) in [6, 6.07) is 10.4. The zero-order valence-corrected chi connectivity index (χ0v) is 16.5. The molecule has 0 atom stereocenters. The third-order valence-corrected chi connectivity index (χ3v) is 6.22. The van der Waals surface area contributed by atoms with Crippen LogP contribution in [0.3, 0.4) is 0 Å². The van der Waals surface area contributed by atoms with Gasteiger partial charge in [-0.05, 0) is 43.2 Å². The van der Waals surface area contributed by atoms with Crippen LogP contribution in [0.1, 0.15) is 11.1 Å². The van der Waals surface area contributed by atoms with Crippen LogP contribution in [-0.2, 0) is 9.84 Å². The van der Waals surface area contributed by atoms with E-state index in [0.717, 1.165) is 25.4 Å². The maximum absolute atomic E-state index is 11.7. The molecule has 1 saturated heterocycles. The highest BCUT2D eigenvalue weighted by Crippen LogP contribution is 2.32. The van der Waals surface area contributed by atoms with Gasteiger partial charge in [0.1, 0.15) is 5.69 Å². The molecule has 0 aromatic heterocycles. The van der Waals surface area contributed by atoms with Crippen molar-refractivity contribution < 1.29 is 13.3 Å². The van der Waals surface area contributed by atoms with Crippen molar-refractivity contribution >= 4 is 26.9 Å². The molecule has 1 fully saturated rings. The number of nitrogens with zero attached hydrogens (tertiary/aromatic N) is 3. The average molecular weight is 389 g/mol. The van der Waals surface area contributed by atoms with Crippen molar-refractivity contribution in [3.05, 3.63) is 57.6 Å². The second-order valence-electron chi connectivity index (χ2n) is 6.87. The van der Waals surface area contributed by atoms with Crippen molar-refractivity contribution in [3.8, 4) is 0 Å². The van der Waals surface area contributed by atoms with E-state index in [-0.39, 0.29) is 10.6 Å². The summed E-state index contributed by atoms with van der Waals surface area (Å²) in [7, 11) is -3.49. The smallest absolute Gasteiger partial charge is 0.293 e. The minimum Gasteiger partial charge on any atom is -0.368 e. The first-order valence-electron chi connectivity index (χ1n) is 8.73. The van der Waals surface area contributed by atoms with Crippen LogP contribution in [0.4, 0.5) is 17.1 Å². The number of nitro benzene ring substituents is 1. The second-order valence-corrected chi connectivity index (χ2v) is 8.89. The number of sulfone groups is 1. The van der Waals surface area contributed by atoms with Crippen molar-refractivity contribution in [2.75, 3.05) is 42.2 Å². The van der Waals surface area contributed by atoms with Crippen molar-refractivity contribution in [1.82, 2.24) is 0 Å². The zero-order chi connectivity index (χ0) is 19.8. The first-order valence-corrected chi connectivity index (χ1v) is 10.6. The average Bonchev–Trinajstić information content (AvgIpc) is 2.63. The molecule has 1 aliphatic rings. The van der Waals surface area contributed by atoms with Gasteiger partial charge in [-0.25, -0.2) is 8.42 Å². The van der Waals surface area contributed by atoms with E-state index in [1.54, 1.807) is 6.07 Å². The lowest BCUT2D eigenvalue weighted by Gasteiger charge is -2.38. The summed E-state index contributed by atoms with van der Waals surface area (Å²) < 4.78 is 23.4. The van der Waals surface area contributed by atoms with Gasteiger partial charge in [0.25, 0.3) is 5.69 Å². The van der Waals surface area contributed by atoms with Gasteiger partial charge >= 0.3 is 0 Å². The lowest BCUT2D eigenvalue weighted by Crippen LogP contribution is -2.47. The van der Waals surface area contributed by atoms with E-state index < -0.39 is 14.8 Å². The fourth-order valence-corrected chi connectivity index (χ4v) is 4.05. The molecule has 0 radical (unpaired) electrons. The van der Waals surface area contributed by atoms with E-state index in [0.29, 0.717) is 18.8 Å². The predicted octanol–water partition coefficient (Wildman–Crippen LogP) is 2.94. The number of nitro groups is 1. The first-order chi connectivity index (χ1) is 12.7. The SMILES string of the molecule is Cc1cccc(N2CCN(c3ccc(S(C)(=O)=O)cc3[N+](=O)[O-])CC2)c1C. The molecule has 0 spiro atoms. The van der Waals surface area contributed by atoms with E-state index in [4.69, 9.17) is 0 Å². The van der Waals surface area contributed by atoms with Gasteiger partial charge in [0, 0.05) is 44.2 Å². The molecular formula is C19H23N3O4S. The number of aryl methyl sites for hydroxylation is 1. The van der Waals surface area contributed by atoms with Crippen LogP contribution in [-0.4, -0.2) is 45.8 Å². The lowest BCUT2D eigenvalue weighted by atomic mass is 10.1. The van der Waals surface area contributed by atoms with Crippen LogP contribution in [0.15, 0.2) is 41.3 Å². The molecule has 27 heavy (non-hydrogen) atoms. The quantitative estimate of drug-likeness (QED) is 0.590. The summed E-state index contributed by atoms with van der Waals surface area (Å²) in [6.07, 6.45) is 1.05. The molecule has 8 heteroatoms. The summed E-state index contributed by atoms with van der Waals surface area (Å²) in [5, 5.41) is 11.5. The van der Waals surface area contributed by atoms with E-state index in [9.17, 15) is 18.5 Å². The van der Waals surface area contributed by atoms with Crippen LogP contribution in [0.2, 0.25) is 0 Å². The van der Waals surface area contributed by atoms with E-state index in [1.165, 1.54) is 22.9 Å². The maximum Gasteiger partial charge on any atom is 0.293 e. The molecule has 2 aromatic carbocycles. The highest BCUT2D eigenvalue weighted by atomic mass is 32.2. The van der Waals surface area contributed by atoms with Crippen molar-refractivity contribution in [3.63, 3.8) is 0 Å². The van der Waals surface area contributed by atoms with Gasteiger partial charge in [0.2, 0.25) is 0 Å². The summed E-state index contributed by atoms with van der Waals surface area (Å²) in [4.78, 5) is 15.2. The topological polar surface area (TPSA) is 83.8 Å². The number of anilines is 2. The van der Waals surface area contributed by atoms with Crippen molar-refractivity contribution in [2.24, 2.45) is 0 Å². The van der Waals surface area contributed by atoms with Crippen LogP contribution in [0.25, 0.3) is 0 Å².